The fourth-order valence-corrected chi connectivity index (χ4v) is 3.22. The molecule has 2 atom stereocenters. The van der Waals surface area contributed by atoms with Crippen LogP contribution in [0.2, 0.25) is 0 Å². The Morgan fingerprint density at radius 2 is 1.95 bits per heavy atom. The summed E-state index contributed by atoms with van der Waals surface area (Å²) in [5.41, 5.74) is 9.37. The Hall–Kier alpha value is -1.84. The lowest BCUT2D eigenvalue weighted by Gasteiger charge is -2.16. The Balaban J connectivity index is 1.70. The zero-order valence-corrected chi connectivity index (χ0v) is 11.9. The van der Waals surface area contributed by atoms with Gasteiger partial charge in [-0.05, 0) is 43.0 Å². The molecule has 21 heavy (non-hydrogen) atoms. The minimum atomic E-state index is 0.0196. The standard InChI is InChI=1S/C18H19NO2/c19-16(11-13-4-3-9-20-13)12-7-8-18-15(10-12)14-5-1-2-6-17(14)21-18/h1-2,5-8,10,13,16H,3-4,9,11,19H2. The predicted octanol–water partition coefficient (Wildman–Crippen LogP) is 4.15. The maximum absolute atomic E-state index is 6.37. The first-order chi connectivity index (χ1) is 10.3. The van der Waals surface area contributed by atoms with Crippen LogP contribution in [0.5, 0.6) is 0 Å². The molecule has 2 heterocycles. The van der Waals surface area contributed by atoms with E-state index in [0.717, 1.165) is 53.4 Å². The zero-order chi connectivity index (χ0) is 14.2. The monoisotopic (exact) mass is 281 g/mol. The van der Waals surface area contributed by atoms with Crippen molar-refractivity contribution in [1.29, 1.82) is 0 Å². The number of furan rings is 1. The van der Waals surface area contributed by atoms with Gasteiger partial charge in [0.25, 0.3) is 0 Å². The van der Waals surface area contributed by atoms with Crippen molar-refractivity contribution in [2.24, 2.45) is 5.73 Å². The smallest absolute Gasteiger partial charge is 0.135 e. The van der Waals surface area contributed by atoms with Gasteiger partial charge in [0.1, 0.15) is 11.2 Å². The summed E-state index contributed by atoms with van der Waals surface area (Å²) in [5.74, 6) is 0. The normalized spacial score (nSPS) is 20.3. The highest BCUT2D eigenvalue weighted by Gasteiger charge is 2.20. The SMILES string of the molecule is NC(CC1CCCO1)c1ccc2oc3ccccc3c2c1. The summed E-state index contributed by atoms with van der Waals surface area (Å²) >= 11 is 0. The highest BCUT2D eigenvalue weighted by Crippen LogP contribution is 2.31. The van der Waals surface area contributed by atoms with Gasteiger partial charge in [-0.3, -0.25) is 0 Å². The van der Waals surface area contributed by atoms with E-state index >= 15 is 0 Å². The molecule has 0 spiro atoms. The van der Waals surface area contributed by atoms with Crippen LogP contribution in [0.3, 0.4) is 0 Å². The number of rotatable bonds is 3. The van der Waals surface area contributed by atoms with E-state index in [1.54, 1.807) is 0 Å². The summed E-state index contributed by atoms with van der Waals surface area (Å²) < 4.78 is 11.5. The van der Waals surface area contributed by atoms with Gasteiger partial charge in [-0.15, -0.1) is 0 Å². The first-order valence-electron chi connectivity index (χ1n) is 7.59. The van der Waals surface area contributed by atoms with Gasteiger partial charge in [-0.25, -0.2) is 0 Å². The summed E-state index contributed by atoms with van der Waals surface area (Å²) in [4.78, 5) is 0. The van der Waals surface area contributed by atoms with Crippen LogP contribution in [0.15, 0.2) is 46.9 Å². The van der Waals surface area contributed by atoms with Crippen LogP contribution < -0.4 is 5.73 Å². The third-order valence-corrected chi connectivity index (χ3v) is 4.37. The number of hydrogen-bond donors (Lipinski definition) is 1. The zero-order valence-electron chi connectivity index (χ0n) is 11.9. The van der Waals surface area contributed by atoms with E-state index in [0.29, 0.717) is 6.10 Å². The first kappa shape index (κ1) is 12.9. The number of hydrogen-bond acceptors (Lipinski definition) is 3. The third kappa shape index (κ3) is 2.33. The van der Waals surface area contributed by atoms with Gasteiger partial charge in [0, 0.05) is 23.4 Å². The van der Waals surface area contributed by atoms with Gasteiger partial charge in [-0.1, -0.05) is 24.3 Å². The molecule has 3 nitrogen and oxygen atoms in total. The Morgan fingerprint density at radius 3 is 2.81 bits per heavy atom. The van der Waals surface area contributed by atoms with Crippen molar-refractivity contribution in [1.82, 2.24) is 0 Å². The van der Waals surface area contributed by atoms with Crippen molar-refractivity contribution in [3.63, 3.8) is 0 Å². The summed E-state index contributed by atoms with van der Waals surface area (Å²) in [6.07, 6.45) is 3.49. The fraction of sp³-hybridized carbons (Fsp3) is 0.333. The molecule has 0 aliphatic carbocycles. The molecule has 4 rings (SSSR count). The van der Waals surface area contributed by atoms with Crippen molar-refractivity contribution in [2.45, 2.75) is 31.4 Å². The summed E-state index contributed by atoms with van der Waals surface area (Å²) in [6.45, 7) is 0.878. The lowest BCUT2D eigenvalue weighted by atomic mass is 9.98. The molecule has 0 saturated carbocycles. The molecule has 2 N–H and O–H groups in total. The van der Waals surface area contributed by atoms with Gasteiger partial charge in [0.2, 0.25) is 0 Å². The summed E-state index contributed by atoms with van der Waals surface area (Å²) in [7, 11) is 0. The highest BCUT2D eigenvalue weighted by molar-refractivity contribution is 6.05. The van der Waals surface area contributed by atoms with Crippen LogP contribution in [0.25, 0.3) is 21.9 Å². The molecule has 3 heteroatoms. The molecule has 1 aromatic heterocycles. The molecule has 1 aliphatic rings. The average molecular weight is 281 g/mol. The molecule has 108 valence electrons. The Morgan fingerprint density at radius 1 is 1.10 bits per heavy atom. The average Bonchev–Trinajstić information content (AvgIpc) is 3.13. The molecule has 1 saturated heterocycles. The van der Waals surface area contributed by atoms with Gasteiger partial charge in [0.05, 0.1) is 6.10 Å². The number of ether oxygens (including phenoxy) is 1. The van der Waals surface area contributed by atoms with E-state index in [4.69, 9.17) is 14.9 Å². The fourth-order valence-electron chi connectivity index (χ4n) is 3.22. The van der Waals surface area contributed by atoms with Gasteiger partial charge in [-0.2, -0.15) is 0 Å². The van der Waals surface area contributed by atoms with Crippen LogP contribution in [0.1, 0.15) is 30.9 Å². The minimum Gasteiger partial charge on any atom is -0.456 e. The number of nitrogens with two attached hydrogens (primary N) is 1. The topological polar surface area (TPSA) is 48.4 Å². The van der Waals surface area contributed by atoms with Crippen LogP contribution in [-0.2, 0) is 4.74 Å². The lowest BCUT2D eigenvalue weighted by molar-refractivity contribution is 0.0983. The second kappa shape index (κ2) is 5.17. The molecule has 0 amide bonds. The second-order valence-electron chi connectivity index (χ2n) is 5.83. The molecule has 3 aromatic rings. The minimum absolute atomic E-state index is 0.0196. The van der Waals surface area contributed by atoms with Crippen LogP contribution >= 0.6 is 0 Å². The molecular formula is C18H19NO2. The van der Waals surface area contributed by atoms with Gasteiger partial charge >= 0.3 is 0 Å². The highest BCUT2D eigenvalue weighted by atomic mass is 16.5. The van der Waals surface area contributed by atoms with Crippen molar-refractivity contribution in [3.8, 4) is 0 Å². The largest absolute Gasteiger partial charge is 0.456 e. The molecular weight excluding hydrogens is 262 g/mol. The van der Waals surface area contributed by atoms with Crippen LogP contribution in [0, 0.1) is 0 Å². The van der Waals surface area contributed by atoms with E-state index in [1.807, 2.05) is 24.3 Å². The number of benzene rings is 2. The summed E-state index contributed by atoms with van der Waals surface area (Å²) in [5, 5.41) is 2.30. The van der Waals surface area contributed by atoms with Crippen molar-refractivity contribution >= 4 is 21.9 Å². The maximum Gasteiger partial charge on any atom is 0.135 e. The van der Waals surface area contributed by atoms with E-state index in [9.17, 15) is 0 Å². The lowest BCUT2D eigenvalue weighted by Crippen LogP contribution is -2.18. The first-order valence-corrected chi connectivity index (χ1v) is 7.59. The quantitative estimate of drug-likeness (QED) is 0.784. The van der Waals surface area contributed by atoms with E-state index in [-0.39, 0.29) is 6.04 Å². The van der Waals surface area contributed by atoms with E-state index in [1.165, 1.54) is 0 Å². The van der Waals surface area contributed by atoms with E-state index < -0.39 is 0 Å². The molecule has 2 unspecified atom stereocenters. The predicted molar refractivity (Wildman–Crippen MR) is 84.2 cm³/mol. The van der Waals surface area contributed by atoms with Crippen molar-refractivity contribution < 1.29 is 9.15 Å². The van der Waals surface area contributed by atoms with Gasteiger partial charge < -0.3 is 14.9 Å². The Bertz CT molecular complexity index is 771. The second-order valence-corrected chi connectivity index (χ2v) is 5.83. The molecule has 1 aliphatic heterocycles. The van der Waals surface area contributed by atoms with Crippen LogP contribution in [-0.4, -0.2) is 12.7 Å². The Labute approximate surface area is 123 Å². The molecule has 0 radical (unpaired) electrons. The number of fused-ring (bicyclic) bond motifs is 3. The summed E-state index contributed by atoms with van der Waals surface area (Å²) in [6, 6.07) is 14.4. The molecule has 1 fully saturated rings. The van der Waals surface area contributed by atoms with E-state index in [2.05, 4.69) is 18.2 Å². The van der Waals surface area contributed by atoms with Crippen molar-refractivity contribution in [3.05, 3.63) is 48.0 Å². The third-order valence-electron chi connectivity index (χ3n) is 4.37. The van der Waals surface area contributed by atoms with Crippen LogP contribution in [0.4, 0.5) is 0 Å². The van der Waals surface area contributed by atoms with Crippen molar-refractivity contribution in [2.75, 3.05) is 6.61 Å². The van der Waals surface area contributed by atoms with Gasteiger partial charge in [0.15, 0.2) is 0 Å². The Kier molecular flexibility index (Phi) is 3.17. The molecule has 0 bridgehead atoms. The maximum atomic E-state index is 6.37. The molecule has 2 aromatic carbocycles. The number of para-hydroxylation sites is 1.